The van der Waals surface area contributed by atoms with Gasteiger partial charge in [0, 0.05) is 15.8 Å². The van der Waals surface area contributed by atoms with E-state index in [0.29, 0.717) is 5.92 Å². The van der Waals surface area contributed by atoms with E-state index in [1.54, 1.807) is 0 Å². The molecule has 0 unspecified atom stereocenters. The molecule has 114 valence electrons. The summed E-state index contributed by atoms with van der Waals surface area (Å²) < 4.78 is 5.92. The lowest BCUT2D eigenvalue weighted by Gasteiger charge is -2.11. The highest BCUT2D eigenvalue weighted by Gasteiger charge is 2.04. The van der Waals surface area contributed by atoms with Crippen LogP contribution in [-0.4, -0.2) is 19.7 Å². The second kappa shape index (κ2) is 8.26. The third-order valence-electron chi connectivity index (χ3n) is 3.39. The number of hydrogen-bond donors (Lipinski definition) is 1. The first kappa shape index (κ1) is 16.1. The average Bonchev–Trinajstić information content (AvgIpc) is 2.48. The molecule has 0 aliphatic heterocycles. The van der Waals surface area contributed by atoms with E-state index >= 15 is 0 Å². The van der Waals surface area contributed by atoms with Gasteiger partial charge in [0.1, 0.15) is 5.75 Å². The Hall–Kier alpha value is -1.25. The molecule has 2 nitrogen and oxygen atoms in total. The molecule has 0 fully saturated rings. The van der Waals surface area contributed by atoms with E-state index in [9.17, 15) is 0 Å². The zero-order valence-electron chi connectivity index (χ0n) is 12.9. The number of fused-ring (bicyclic) bond motifs is 1. The highest BCUT2D eigenvalue weighted by atomic mass is 35.5. The number of nitrogens with one attached hydrogen (secondary N) is 1. The number of benzene rings is 2. The summed E-state index contributed by atoms with van der Waals surface area (Å²) in [7, 11) is 0. The Morgan fingerprint density at radius 1 is 1.05 bits per heavy atom. The van der Waals surface area contributed by atoms with Gasteiger partial charge in [-0.1, -0.05) is 49.7 Å². The van der Waals surface area contributed by atoms with Gasteiger partial charge in [-0.3, -0.25) is 0 Å². The minimum atomic E-state index is 0.710. The molecule has 0 bridgehead atoms. The van der Waals surface area contributed by atoms with Crippen molar-refractivity contribution in [2.24, 2.45) is 5.92 Å². The van der Waals surface area contributed by atoms with Crippen molar-refractivity contribution in [3.8, 4) is 5.75 Å². The lowest BCUT2D eigenvalue weighted by molar-refractivity contribution is 0.309. The molecular formula is C18H24ClNO. The Morgan fingerprint density at radius 2 is 1.81 bits per heavy atom. The quantitative estimate of drug-likeness (QED) is 0.701. The highest BCUT2D eigenvalue weighted by molar-refractivity contribution is 6.35. The van der Waals surface area contributed by atoms with Crippen LogP contribution in [0.4, 0.5) is 0 Å². The van der Waals surface area contributed by atoms with E-state index in [2.05, 4.69) is 25.2 Å². The zero-order valence-corrected chi connectivity index (χ0v) is 13.6. The summed E-state index contributed by atoms with van der Waals surface area (Å²) in [5.41, 5.74) is 0. The van der Waals surface area contributed by atoms with Crippen LogP contribution in [-0.2, 0) is 0 Å². The van der Waals surface area contributed by atoms with E-state index in [-0.39, 0.29) is 0 Å². The van der Waals surface area contributed by atoms with Crippen LogP contribution >= 0.6 is 11.6 Å². The highest BCUT2D eigenvalue weighted by Crippen LogP contribution is 2.31. The van der Waals surface area contributed by atoms with Gasteiger partial charge in [0.15, 0.2) is 0 Å². The normalized spacial score (nSPS) is 11.2. The molecule has 0 radical (unpaired) electrons. The van der Waals surface area contributed by atoms with Crippen LogP contribution in [0.1, 0.15) is 26.7 Å². The minimum Gasteiger partial charge on any atom is -0.493 e. The van der Waals surface area contributed by atoms with Gasteiger partial charge in [-0.2, -0.15) is 0 Å². The molecule has 0 aromatic heterocycles. The molecule has 2 aromatic rings. The van der Waals surface area contributed by atoms with Gasteiger partial charge in [0.2, 0.25) is 0 Å². The predicted octanol–water partition coefficient (Wildman–Crippen LogP) is 4.90. The molecule has 2 aromatic carbocycles. The van der Waals surface area contributed by atoms with Crippen LogP contribution in [0.2, 0.25) is 5.02 Å². The fraction of sp³-hybridized carbons (Fsp3) is 0.444. The molecule has 0 amide bonds. The number of halogens is 1. The number of unbranched alkanes of at least 4 members (excludes halogenated alkanes) is 1. The van der Waals surface area contributed by atoms with Crippen LogP contribution in [0.5, 0.6) is 5.75 Å². The van der Waals surface area contributed by atoms with Gasteiger partial charge in [0.05, 0.1) is 6.61 Å². The molecule has 1 N–H and O–H groups in total. The van der Waals surface area contributed by atoms with Crippen LogP contribution < -0.4 is 10.1 Å². The van der Waals surface area contributed by atoms with E-state index in [0.717, 1.165) is 54.1 Å². The topological polar surface area (TPSA) is 21.3 Å². The maximum Gasteiger partial charge on any atom is 0.127 e. The monoisotopic (exact) mass is 305 g/mol. The molecule has 0 spiro atoms. The van der Waals surface area contributed by atoms with Crippen LogP contribution in [0.25, 0.3) is 10.8 Å². The summed E-state index contributed by atoms with van der Waals surface area (Å²) in [5, 5.41) is 6.36. The average molecular weight is 306 g/mol. The third kappa shape index (κ3) is 4.90. The van der Waals surface area contributed by atoms with Crippen molar-refractivity contribution in [3.63, 3.8) is 0 Å². The Labute approximate surface area is 132 Å². The number of ether oxygens (including phenoxy) is 1. The fourth-order valence-corrected chi connectivity index (χ4v) is 2.51. The van der Waals surface area contributed by atoms with Crippen molar-refractivity contribution in [3.05, 3.63) is 41.4 Å². The van der Waals surface area contributed by atoms with Crippen molar-refractivity contribution >= 4 is 22.4 Å². The Morgan fingerprint density at radius 3 is 2.57 bits per heavy atom. The molecule has 0 saturated heterocycles. The van der Waals surface area contributed by atoms with E-state index < -0.39 is 0 Å². The molecule has 0 atom stereocenters. The molecule has 21 heavy (non-hydrogen) atoms. The van der Waals surface area contributed by atoms with E-state index in [1.165, 1.54) is 0 Å². The lowest BCUT2D eigenvalue weighted by Crippen LogP contribution is -2.21. The smallest absolute Gasteiger partial charge is 0.127 e. The van der Waals surface area contributed by atoms with Crippen molar-refractivity contribution in [2.75, 3.05) is 19.7 Å². The van der Waals surface area contributed by atoms with Crippen molar-refractivity contribution < 1.29 is 4.74 Å². The van der Waals surface area contributed by atoms with Gasteiger partial charge >= 0.3 is 0 Å². The maximum atomic E-state index is 6.21. The van der Waals surface area contributed by atoms with E-state index in [1.807, 2.05) is 30.3 Å². The van der Waals surface area contributed by atoms with Crippen molar-refractivity contribution in [2.45, 2.75) is 26.7 Å². The lowest BCUT2D eigenvalue weighted by atomic mass is 10.1. The van der Waals surface area contributed by atoms with Crippen LogP contribution in [0, 0.1) is 5.92 Å². The summed E-state index contributed by atoms with van der Waals surface area (Å²) in [6.07, 6.45) is 2.19. The fourth-order valence-electron chi connectivity index (χ4n) is 2.29. The maximum absolute atomic E-state index is 6.21. The summed E-state index contributed by atoms with van der Waals surface area (Å²) >= 11 is 6.21. The second-order valence-electron chi connectivity index (χ2n) is 5.74. The summed E-state index contributed by atoms with van der Waals surface area (Å²) in [4.78, 5) is 0. The first-order valence-corrected chi connectivity index (χ1v) is 8.07. The Balaban J connectivity index is 1.80. The SMILES string of the molecule is CC(C)CNCCCCOc1ccc(Cl)c2ccccc12. The Bertz CT molecular complexity index is 568. The van der Waals surface area contributed by atoms with Gasteiger partial charge in [-0.25, -0.2) is 0 Å². The molecular weight excluding hydrogens is 282 g/mol. The number of hydrogen-bond acceptors (Lipinski definition) is 2. The molecule has 0 aliphatic rings. The summed E-state index contributed by atoms with van der Waals surface area (Å²) in [6.45, 7) is 7.34. The first-order valence-electron chi connectivity index (χ1n) is 7.69. The van der Waals surface area contributed by atoms with Crippen LogP contribution in [0.3, 0.4) is 0 Å². The third-order valence-corrected chi connectivity index (χ3v) is 3.72. The largest absolute Gasteiger partial charge is 0.493 e. The molecule has 3 heteroatoms. The Kier molecular flexibility index (Phi) is 6.34. The molecule has 0 aliphatic carbocycles. The zero-order chi connectivity index (χ0) is 15.1. The van der Waals surface area contributed by atoms with Crippen LogP contribution in [0.15, 0.2) is 36.4 Å². The van der Waals surface area contributed by atoms with Crippen molar-refractivity contribution in [1.29, 1.82) is 0 Å². The summed E-state index contributed by atoms with van der Waals surface area (Å²) in [5.74, 6) is 1.63. The molecule has 0 heterocycles. The predicted molar refractivity (Wildman–Crippen MR) is 91.4 cm³/mol. The van der Waals surface area contributed by atoms with Gasteiger partial charge < -0.3 is 10.1 Å². The van der Waals surface area contributed by atoms with E-state index in [4.69, 9.17) is 16.3 Å². The standard InChI is InChI=1S/C18H24ClNO/c1-14(2)13-20-11-5-6-12-21-18-10-9-17(19)15-7-3-4-8-16(15)18/h3-4,7-10,14,20H,5-6,11-13H2,1-2H3. The first-order chi connectivity index (χ1) is 10.2. The van der Waals surface area contributed by atoms with Crippen molar-refractivity contribution in [1.82, 2.24) is 5.32 Å². The van der Waals surface area contributed by atoms with Gasteiger partial charge in [0.25, 0.3) is 0 Å². The number of rotatable bonds is 8. The summed E-state index contributed by atoms with van der Waals surface area (Å²) in [6, 6.07) is 12.0. The van der Waals surface area contributed by atoms with Gasteiger partial charge in [-0.05, 0) is 44.0 Å². The second-order valence-corrected chi connectivity index (χ2v) is 6.15. The molecule has 2 rings (SSSR count). The van der Waals surface area contributed by atoms with Gasteiger partial charge in [-0.15, -0.1) is 0 Å². The molecule has 0 saturated carbocycles. The minimum absolute atomic E-state index is 0.710.